The summed E-state index contributed by atoms with van der Waals surface area (Å²) in [4.78, 5) is 16.1. The minimum Gasteiger partial charge on any atom is -1.00 e. The number of rotatable bonds is 21. The molecule has 1 heterocycles. The average molecular weight is 643 g/mol. The molecule has 1 atom stereocenters. The number of aromatic nitrogens is 1. The van der Waals surface area contributed by atoms with Crippen molar-refractivity contribution in [2.24, 2.45) is 4.99 Å². The van der Waals surface area contributed by atoms with Crippen LogP contribution in [-0.2, 0) is 28.5 Å². The number of pyridine rings is 1. The van der Waals surface area contributed by atoms with E-state index in [2.05, 4.69) is 15.6 Å². The second-order valence-electron chi connectivity index (χ2n) is 8.85. The molecule has 2 N–H and O–H groups in total. The number of halogens is 2. The first-order valence-corrected chi connectivity index (χ1v) is 14.2. The number of methoxy groups -OCH3 is 1. The van der Waals surface area contributed by atoms with Crippen molar-refractivity contribution in [1.82, 2.24) is 5.32 Å². The maximum atomic E-state index is 11.6. The molecule has 0 fully saturated rings. The second-order valence-corrected chi connectivity index (χ2v) is 9.28. The van der Waals surface area contributed by atoms with Crippen LogP contribution in [0.1, 0.15) is 39.0 Å². The summed E-state index contributed by atoms with van der Waals surface area (Å²) in [5.41, 5.74) is 0.686. The van der Waals surface area contributed by atoms with Gasteiger partial charge < -0.3 is 41.4 Å². The third-order valence-corrected chi connectivity index (χ3v) is 5.75. The topological polar surface area (TPSA) is 137 Å². The third-order valence-electron chi connectivity index (χ3n) is 5.50. The summed E-state index contributed by atoms with van der Waals surface area (Å²) in [6.45, 7) is 4.94. The van der Waals surface area contributed by atoms with Crippen molar-refractivity contribution in [2.45, 2.75) is 39.0 Å². The van der Waals surface area contributed by atoms with Gasteiger partial charge in [0, 0.05) is 37.7 Å². The minimum atomic E-state index is -0.958. The molecular weight excluding hydrogens is 601 g/mol. The van der Waals surface area contributed by atoms with Gasteiger partial charge in [0.05, 0.1) is 51.9 Å². The molecular formula is C29H41Cl2N5O7. The number of nitrogens with zero attached hydrogens (tertiary/aromatic N) is 3. The number of unbranched alkanes of at least 4 members (excludes halogenated alkanes) is 3. The Hall–Kier alpha value is -3.18. The zero-order valence-corrected chi connectivity index (χ0v) is 26.1. The average Bonchev–Trinajstić information content (AvgIpc) is 2.98. The van der Waals surface area contributed by atoms with E-state index >= 15 is 0 Å². The smallest absolute Gasteiger partial charge is 0.426 e. The van der Waals surface area contributed by atoms with Crippen molar-refractivity contribution in [3.63, 3.8) is 0 Å². The van der Waals surface area contributed by atoms with E-state index in [1.807, 2.05) is 18.3 Å². The van der Waals surface area contributed by atoms with Crippen LogP contribution in [0.5, 0.6) is 5.75 Å². The summed E-state index contributed by atoms with van der Waals surface area (Å²) < 4.78 is 34.0. The number of anilines is 1. The summed E-state index contributed by atoms with van der Waals surface area (Å²) in [6.07, 6.45) is 8.14. The van der Waals surface area contributed by atoms with Crippen molar-refractivity contribution in [3.05, 3.63) is 53.8 Å². The number of guanidine groups is 1. The molecule has 0 aliphatic rings. The van der Waals surface area contributed by atoms with E-state index in [0.717, 1.165) is 31.4 Å². The Bertz CT molecular complexity index is 1090. The first-order chi connectivity index (χ1) is 20.5. The number of ether oxygens (including phenoxy) is 6. The lowest BCUT2D eigenvalue weighted by Crippen LogP contribution is -3.00. The number of hydrogen-bond acceptors (Lipinski definition) is 9. The van der Waals surface area contributed by atoms with Gasteiger partial charge in [0.25, 0.3) is 0 Å². The van der Waals surface area contributed by atoms with Crippen LogP contribution in [0.15, 0.2) is 53.8 Å². The zero-order chi connectivity index (χ0) is 30.3. The number of nitriles is 1. The highest BCUT2D eigenvalue weighted by atomic mass is 35.5. The second kappa shape index (κ2) is 24.3. The van der Waals surface area contributed by atoms with Crippen molar-refractivity contribution >= 4 is 29.2 Å². The van der Waals surface area contributed by atoms with Crippen LogP contribution in [-0.4, -0.2) is 71.8 Å². The lowest BCUT2D eigenvalue weighted by atomic mass is 10.2. The predicted molar refractivity (Wildman–Crippen MR) is 157 cm³/mol. The van der Waals surface area contributed by atoms with Crippen molar-refractivity contribution in [3.8, 4) is 11.9 Å². The van der Waals surface area contributed by atoms with Crippen molar-refractivity contribution in [2.75, 3.05) is 65.2 Å². The number of aliphatic imine (C=N–C) groups is 1. The molecule has 0 aliphatic carbocycles. The molecule has 0 saturated heterocycles. The molecule has 12 nitrogen and oxygen atoms in total. The van der Waals surface area contributed by atoms with Crippen LogP contribution in [0.4, 0.5) is 5.69 Å². The predicted octanol–water partition coefficient (Wildman–Crippen LogP) is 0.825. The van der Waals surface area contributed by atoms with E-state index in [0.29, 0.717) is 62.9 Å². The third kappa shape index (κ3) is 18.2. The molecule has 0 amide bonds. The summed E-state index contributed by atoms with van der Waals surface area (Å²) in [5, 5.41) is 15.5. The fourth-order valence-electron chi connectivity index (χ4n) is 3.44. The van der Waals surface area contributed by atoms with Gasteiger partial charge in [-0.15, -0.1) is 4.57 Å². The van der Waals surface area contributed by atoms with E-state index in [1.165, 1.54) is 6.92 Å². The molecule has 1 aromatic carbocycles. The van der Waals surface area contributed by atoms with Crippen LogP contribution in [0, 0.1) is 11.5 Å². The number of esters is 1. The Morgan fingerprint density at radius 2 is 1.60 bits per heavy atom. The number of benzene rings is 1. The molecule has 14 heteroatoms. The summed E-state index contributed by atoms with van der Waals surface area (Å²) in [5.74, 6) is 0.672. The quantitative estimate of drug-likeness (QED) is 0.0295. The minimum absolute atomic E-state index is 0. The summed E-state index contributed by atoms with van der Waals surface area (Å²) in [6, 6.07) is 10.8. The molecule has 43 heavy (non-hydrogen) atoms. The van der Waals surface area contributed by atoms with Gasteiger partial charge in [0.1, 0.15) is 5.75 Å². The first-order valence-electron chi connectivity index (χ1n) is 13.8. The van der Waals surface area contributed by atoms with Crippen LogP contribution in [0.3, 0.4) is 0 Å². The van der Waals surface area contributed by atoms with Gasteiger partial charge in [-0.25, -0.2) is 0 Å². The van der Waals surface area contributed by atoms with Gasteiger partial charge in [-0.3, -0.25) is 19.8 Å². The maximum Gasteiger partial charge on any atom is 0.426 e. The number of carbonyl (C=O) groups excluding carboxylic acids is 1. The normalized spacial score (nSPS) is 11.6. The van der Waals surface area contributed by atoms with Gasteiger partial charge in [-0.2, -0.15) is 5.26 Å². The molecule has 0 radical (unpaired) electrons. The first kappa shape index (κ1) is 37.8. The van der Waals surface area contributed by atoms with Gasteiger partial charge in [0.15, 0.2) is 18.6 Å². The monoisotopic (exact) mass is 641 g/mol. The summed E-state index contributed by atoms with van der Waals surface area (Å²) in [7, 11) is 1.62. The van der Waals surface area contributed by atoms with Crippen LogP contribution < -0.4 is 32.3 Å². The van der Waals surface area contributed by atoms with Gasteiger partial charge in [0.2, 0.25) is 5.96 Å². The van der Waals surface area contributed by atoms with E-state index in [-0.39, 0.29) is 19.0 Å². The number of nitrogens with one attached hydrogen (secondary N) is 2. The fraction of sp³-hybridized carbons (Fsp3) is 0.517. The molecule has 2 rings (SSSR count). The standard InChI is InChI=1S/C29H40ClN5O7.ClH/c1-24(36)42-29(41-22-21-39-20-19-38-18-17-37-2)35-14-11-26(12-15-35)34-28(33-23-31)32-13-5-3-4-6-16-40-27-9-7-25(30)8-10-27;/h7-12,14-15,29H,3-6,13,16-22H2,1-2H3,(H,32,33);1H. The number of hydrogen-bond donors (Lipinski definition) is 2. The molecule has 1 aromatic heterocycles. The molecule has 0 saturated carbocycles. The SMILES string of the molecule is COCCOCCOCCOC(OC(C)=O)[n+]1ccc(N/C(=N\CCCCCCOc2ccc(Cl)cc2)NC#N)cc1.[Cl-]. The highest BCUT2D eigenvalue weighted by Gasteiger charge is 2.22. The Balaban J connectivity index is 0.00000924. The van der Waals surface area contributed by atoms with Crippen LogP contribution in [0.2, 0.25) is 5.02 Å². The van der Waals surface area contributed by atoms with E-state index in [4.69, 9.17) is 45.3 Å². The van der Waals surface area contributed by atoms with Crippen molar-refractivity contribution in [1.29, 1.82) is 5.26 Å². The largest absolute Gasteiger partial charge is 1.00 e. The highest BCUT2D eigenvalue weighted by molar-refractivity contribution is 6.30. The molecule has 238 valence electrons. The number of carbonyl (C=O) groups is 1. The van der Waals surface area contributed by atoms with Gasteiger partial charge in [-0.1, -0.05) is 18.0 Å². The molecule has 0 bridgehead atoms. The Labute approximate surface area is 264 Å². The van der Waals surface area contributed by atoms with Crippen LogP contribution in [0.25, 0.3) is 0 Å². The van der Waals surface area contributed by atoms with E-state index in [9.17, 15) is 4.79 Å². The summed E-state index contributed by atoms with van der Waals surface area (Å²) >= 11 is 5.88. The Kier molecular flexibility index (Phi) is 21.4. The Morgan fingerprint density at radius 1 is 0.953 bits per heavy atom. The van der Waals surface area contributed by atoms with Gasteiger partial charge in [-0.05, 0) is 43.5 Å². The Morgan fingerprint density at radius 3 is 2.26 bits per heavy atom. The maximum absolute atomic E-state index is 11.6. The van der Waals surface area contributed by atoms with E-state index in [1.54, 1.807) is 48.3 Å². The fourth-order valence-corrected chi connectivity index (χ4v) is 3.56. The highest BCUT2D eigenvalue weighted by Crippen LogP contribution is 2.16. The molecule has 1 unspecified atom stereocenters. The lowest BCUT2D eigenvalue weighted by Gasteiger charge is -2.13. The van der Waals surface area contributed by atoms with Gasteiger partial charge >= 0.3 is 12.4 Å². The molecule has 0 spiro atoms. The van der Waals surface area contributed by atoms with Crippen LogP contribution >= 0.6 is 11.6 Å². The lowest BCUT2D eigenvalue weighted by molar-refractivity contribution is -0.799. The zero-order valence-electron chi connectivity index (χ0n) is 24.6. The molecule has 0 aliphatic heterocycles. The molecule has 2 aromatic rings. The van der Waals surface area contributed by atoms with E-state index < -0.39 is 12.4 Å². The van der Waals surface area contributed by atoms with Crippen molar-refractivity contribution < 1.29 is 50.2 Å².